The van der Waals surface area contributed by atoms with Crippen LogP contribution in [0.15, 0.2) is 36.4 Å². The van der Waals surface area contributed by atoms with Gasteiger partial charge in [-0.2, -0.15) is 0 Å². The largest absolute Gasteiger partial charge is 0.485 e. The number of rotatable bonds is 1. The van der Waals surface area contributed by atoms with Gasteiger partial charge in [-0.05, 0) is 12.1 Å². The summed E-state index contributed by atoms with van der Waals surface area (Å²) >= 11 is 0. The molecule has 5 heteroatoms. The third-order valence-corrected chi connectivity index (χ3v) is 3.37. The highest BCUT2D eigenvalue weighted by molar-refractivity contribution is 5.38. The number of fused-ring (bicyclic) bond motifs is 1. The molecule has 0 spiro atoms. The lowest BCUT2D eigenvalue weighted by molar-refractivity contribution is 0.0638. The van der Waals surface area contributed by atoms with Crippen LogP contribution < -0.4 is 4.74 Å². The minimum Gasteiger partial charge on any atom is -0.485 e. The van der Waals surface area contributed by atoms with Gasteiger partial charge in [0.25, 0.3) is 0 Å². The maximum atomic E-state index is 13.7. The van der Waals surface area contributed by atoms with Crippen LogP contribution in [0.1, 0.15) is 29.8 Å². The summed E-state index contributed by atoms with van der Waals surface area (Å²) < 4.78 is 45.5. The van der Waals surface area contributed by atoms with Crippen molar-refractivity contribution in [3.05, 3.63) is 65.0 Å². The first-order chi connectivity index (χ1) is 9.56. The molecule has 104 valence electrons. The topological polar surface area (TPSA) is 29.5 Å². The maximum absolute atomic E-state index is 13.7. The van der Waals surface area contributed by atoms with Crippen molar-refractivity contribution >= 4 is 0 Å². The molecule has 1 heterocycles. The molecule has 0 aliphatic carbocycles. The quantitative estimate of drug-likeness (QED) is 0.808. The summed E-state index contributed by atoms with van der Waals surface area (Å²) in [6, 6.07) is 8.08. The van der Waals surface area contributed by atoms with Crippen LogP contribution in [0.2, 0.25) is 0 Å². The van der Waals surface area contributed by atoms with E-state index < -0.39 is 29.7 Å². The van der Waals surface area contributed by atoms with E-state index in [1.807, 2.05) is 0 Å². The van der Waals surface area contributed by atoms with E-state index in [0.29, 0.717) is 17.4 Å². The van der Waals surface area contributed by atoms with Gasteiger partial charge in [-0.1, -0.05) is 18.2 Å². The molecule has 0 radical (unpaired) electrons. The SMILES string of the molecule is O[C@@H]1CC(c2cc(F)c(F)cc2F)Oc2ccccc21. The third-order valence-electron chi connectivity index (χ3n) is 3.37. The average Bonchev–Trinajstić information content (AvgIpc) is 2.43. The van der Waals surface area contributed by atoms with Gasteiger partial charge in [0.2, 0.25) is 0 Å². The van der Waals surface area contributed by atoms with E-state index in [-0.39, 0.29) is 12.0 Å². The Bertz CT molecular complexity index is 658. The average molecular weight is 280 g/mol. The summed E-state index contributed by atoms with van der Waals surface area (Å²) in [6.45, 7) is 0. The first-order valence-corrected chi connectivity index (χ1v) is 6.14. The Morgan fingerprint density at radius 2 is 1.65 bits per heavy atom. The Morgan fingerprint density at radius 1 is 0.950 bits per heavy atom. The van der Waals surface area contributed by atoms with Crippen LogP contribution in [0.5, 0.6) is 5.75 Å². The molecule has 0 aromatic heterocycles. The lowest BCUT2D eigenvalue weighted by atomic mass is 9.94. The highest BCUT2D eigenvalue weighted by Crippen LogP contribution is 2.41. The van der Waals surface area contributed by atoms with E-state index in [9.17, 15) is 18.3 Å². The molecule has 0 bridgehead atoms. The number of benzene rings is 2. The van der Waals surface area contributed by atoms with Gasteiger partial charge in [-0.3, -0.25) is 0 Å². The summed E-state index contributed by atoms with van der Waals surface area (Å²) in [4.78, 5) is 0. The summed E-state index contributed by atoms with van der Waals surface area (Å²) in [5.74, 6) is -2.86. The smallest absolute Gasteiger partial charge is 0.161 e. The third kappa shape index (κ3) is 2.14. The molecule has 2 aromatic carbocycles. The van der Waals surface area contributed by atoms with Gasteiger partial charge < -0.3 is 9.84 Å². The molecule has 0 fully saturated rings. The first-order valence-electron chi connectivity index (χ1n) is 6.14. The van der Waals surface area contributed by atoms with Gasteiger partial charge in [0.05, 0.1) is 6.10 Å². The van der Waals surface area contributed by atoms with Gasteiger partial charge in [-0.25, -0.2) is 13.2 Å². The van der Waals surface area contributed by atoms with E-state index in [1.165, 1.54) is 0 Å². The fourth-order valence-electron chi connectivity index (χ4n) is 2.37. The van der Waals surface area contributed by atoms with Gasteiger partial charge in [-0.15, -0.1) is 0 Å². The van der Waals surface area contributed by atoms with Gasteiger partial charge in [0.1, 0.15) is 17.7 Å². The molecule has 2 nitrogen and oxygen atoms in total. The number of aliphatic hydroxyl groups is 1. The number of halogens is 3. The Balaban J connectivity index is 2.00. The number of hydrogen-bond acceptors (Lipinski definition) is 2. The van der Waals surface area contributed by atoms with Crippen molar-refractivity contribution in [3.63, 3.8) is 0 Å². The molecule has 20 heavy (non-hydrogen) atoms. The van der Waals surface area contributed by atoms with E-state index in [4.69, 9.17) is 4.74 Å². The van der Waals surface area contributed by atoms with Gasteiger partial charge in [0, 0.05) is 23.6 Å². The zero-order chi connectivity index (χ0) is 14.3. The second kappa shape index (κ2) is 4.83. The summed E-state index contributed by atoms with van der Waals surface area (Å²) in [5, 5.41) is 10.0. The van der Waals surface area contributed by atoms with Crippen molar-refractivity contribution in [2.75, 3.05) is 0 Å². The molecule has 0 saturated heterocycles. The fraction of sp³-hybridized carbons (Fsp3) is 0.200. The molecule has 1 aliphatic rings. The molecular weight excluding hydrogens is 269 g/mol. The van der Waals surface area contributed by atoms with Crippen LogP contribution in [0, 0.1) is 17.5 Å². The minimum absolute atomic E-state index is 0.0823. The molecule has 0 saturated carbocycles. The van der Waals surface area contributed by atoms with Crippen LogP contribution in [0.25, 0.3) is 0 Å². The van der Waals surface area contributed by atoms with Gasteiger partial charge >= 0.3 is 0 Å². The van der Waals surface area contributed by atoms with Crippen LogP contribution in [0.4, 0.5) is 13.2 Å². The second-order valence-electron chi connectivity index (χ2n) is 4.68. The number of ether oxygens (including phenoxy) is 1. The van der Waals surface area contributed by atoms with Crippen molar-refractivity contribution in [1.29, 1.82) is 0 Å². The maximum Gasteiger partial charge on any atom is 0.161 e. The Morgan fingerprint density at radius 3 is 2.45 bits per heavy atom. The van der Waals surface area contributed by atoms with E-state index in [0.717, 1.165) is 6.07 Å². The second-order valence-corrected chi connectivity index (χ2v) is 4.68. The monoisotopic (exact) mass is 280 g/mol. The molecule has 2 atom stereocenters. The zero-order valence-electron chi connectivity index (χ0n) is 10.3. The molecule has 1 aliphatic heterocycles. The highest BCUT2D eigenvalue weighted by Gasteiger charge is 2.30. The Labute approximate surface area is 113 Å². The van der Waals surface area contributed by atoms with Crippen LogP contribution in [-0.2, 0) is 0 Å². The van der Waals surface area contributed by atoms with Crippen molar-refractivity contribution < 1.29 is 23.0 Å². The lowest BCUT2D eigenvalue weighted by Crippen LogP contribution is -2.20. The van der Waals surface area contributed by atoms with E-state index >= 15 is 0 Å². The number of aliphatic hydroxyl groups excluding tert-OH is 1. The minimum atomic E-state index is -1.25. The van der Waals surface area contributed by atoms with Crippen molar-refractivity contribution in [1.82, 2.24) is 0 Å². The standard InChI is InChI=1S/C15H11F3O2/c16-10-6-12(18)11(17)5-9(10)15-7-13(19)8-3-1-2-4-14(8)20-15/h1-6,13,15,19H,7H2/t13-,15?/m1/s1. The van der Waals surface area contributed by atoms with E-state index in [1.54, 1.807) is 24.3 Å². The lowest BCUT2D eigenvalue weighted by Gasteiger charge is -2.30. The number of hydrogen-bond donors (Lipinski definition) is 1. The van der Waals surface area contributed by atoms with Crippen LogP contribution in [0.3, 0.4) is 0 Å². The summed E-state index contributed by atoms with van der Waals surface area (Å²) in [5.41, 5.74) is 0.504. The van der Waals surface area contributed by atoms with Gasteiger partial charge in [0.15, 0.2) is 11.6 Å². The highest BCUT2D eigenvalue weighted by atomic mass is 19.2. The molecule has 0 amide bonds. The predicted molar refractivity (Wildman–Crippen MR) is 65.7 cm³/mol. The molecule has 2 aromatic rings. The summed E-state index contributed by atoms with van der Waals surface area (Å²) in [6.07, 6.45) is -1.61. The van der Waals surface area contributed by atoms with Crippen LogP contribution >= 0.6 is 0 Å². The Kier molecular flexibility index (Phi) is 3.14. The predicted octanol–water partition coefficient (Wildman–Crippen LogP) is 3.66. The first kappa shape index (κ1) is 13.0. The normalized spacial score (nSPS) is 21.2. The van der Waals surface area contributed by atoms with Crippen molar-refractivity contribution in [2.45, 2.75) is 18.6 Å². The number of para-hydroxylation sites is 1. The Hall–Kier alpha value is -2.01. The molecular formula is C15H11F3O2. The zero-order valence-corrected chi connectivity index (χ0v) is 10.3. The summed E-state index contributed by atoms with van der Waals surface area (Å²) in [7, 11) is 0. The molecule has 1 N–H and O–H groups in total. The molecule has 1 unspecified atom stereocenters. The van der Waals surface area contributed by atoms with E-state index in [2.05, 4.69) is 0 Å². The van der Waals surface area contributed by atoms with Crippen LogP contribution in [-0.4, -0.2) is 5.11 Å². The van der Waals surface area contributed by atoms with Crippen molar-refractivity contribution in [2.24, 2.45) is 0 Å². The fourth-order valence-corrected chi connectivity index (χ4v) is 2.37. The molecule has 3 rings (SSSR count). The van der Waals surface area contributed by atoms with Crippen molar-refractivity contribution in [3.8, 4) is 5.75 Å².